The van der Waals surface area contributed by atoms with E-state index >= 15 is 0 Å². The van der Waals surface area contributed by atoms with Crippen LogP contribution in [0.25, 0.3) is 0 Å². The monoisotopic (exact) mass is 265 g/mol. The van der Waals surface area contributed by atoms with Gasteiger partial charge in [0, 0.05) is 6.54 Å². The quantitative estimate of drug-likeness (QED) is 0.744. The molecular weight excluding hydrogens is 238 g/mol. The van der Waals surface area contributed by atoms with Gasteiger partial charge in [-0.3, -0.25) is 0 Å². The summed E-state index contributed by atoms with van der Waals surface area (Å²) in [6.45, 7) is 9.77. The molecule has 108 valence electrons. The molecule has 19 heavy (non-hydrogen) atoms. The van der Waals surface area contributed by atoms with Crippen LogP contribution in [0.1, 0.15) is 45.3 Å². The van der Waals surface area contributed by atoms with E-state index in [-0.39, 0.29) is 0 Å². The number of aliphatic hydroxyl groups is 1. The molecule has 0 heterocycles. The van der Waals surface area contributed by atoms with Crippen LogP contribution in [0.2, 0.25) is 0 Å². The van der Waals surface area contributed by atoms with Gasteiger partial charge < -0.3 is 14.7 Å². The predicted molar refractivity (Wildman–Crippen MR) is 79.6 cm³/mol. The SMILES string of the molecule is CCCN(CCC)CC(O)c1ccc(OCC)cc1. The first kappa shape index (κ1) is 16.0. The predicted octanol–water partition coefficient (Wildman–Crippen LogP) is 3.24. The van der Waals surface area contributed by atoms with E-state index in [1.807, 2.05) is 31.2 Å². The highest BCUT2D eigenvalue weighted by molar-refractivity contribution is 5.28. The minimum absolute atomic E-state index is 0.422. The summed E-state index contributed by atoms with van der Waals surface area (Å²) < 4.78 is 5.41. The third-order valence-electron chi connectivity index (χ3n) is 3.09. The molecule has 0 amide bonds. The molecule has 1 atom stereocenters. The van der Waals surface area contributed by atoms with Gasteiger partial charge in [-0.15, -0.1) is 0 Å². The van der Waals surface area contributed by atoms with Crippen molar-refractivity contribution in [2.24, 2.45) is 0 Å². The maximum Gasteiger partial charge on any atom is 0.119 e. The Morgan fingerprint density at radius 1 is 1.05 bits per heavy atom. The van der Waals surface area contributed by atoms with Crippen molar-refractivity contribution in [3.8, 4) is 5.75 Å². The minimum atomic E-state index is -0.422. The molecule has 0 bridgehead atoms. The van der Waals surface area contributed by atoms with Crippen LogP contribution in [0.3, 0.4) is 0 Å². The molecule has 0 aromatic heterocycles. The Morgan fingerprint density at radius 3 is 2.11 bits per heavy atom. The second-order valence-corrected chi connectivity index (χ2v) is 4.82. The lowest BCUT2D eigenvalue weighted by Gasteiger charge is -2.24. The van der Waals surface area contributed by atoms with Gasteiger partial charge in [0.2, 0.25) is 0 Å². The van der Waals surface area contributed by atoms with Gasteiger partial charge in [-0.1, -0.05) is 26.0 Å². The molecule has 0 aliphatic heterocycles. The molecule has 0 fully saturated rings. The topological polar surface area (TPSA) is 32.7 Å². The largest absolute Gasteiger partial charge is 0.494 e. The minimum Gasteiger partial charge on any atom is -0.494 e. The number of hydrogen-bond donors (Lipinski definition) is 1. The van der Waals surface area contributed by atoms with Crippen LogP contribution >= 0.6 is 0 Å². The van der Waals surface area contributed by atoms with Gasteiger partial charge in [0.05, 0.1) is 12.7 Å². The maximum absolute atomic E-state index is 10.3. The first-order valence-corrected chi connectivity index (χ1v) is 7.34. The van der Waals surface area contributed by atoms with Crippen molar-refractivity contribution in [3.63, 3.8) is 0 Å². The van der Waals surface area contributed by atoms with Crippen LogP contribution in [0.15, 0.2) is 24.3 Å². The molecule has 1 aromatic carbocycles. The fourth-order valence-electron chi connectivity index (χ4n) is 2.23. The first-order valence-electron chi connectivity index (χ1n) is 7.34. The van der Waals surface area contributed by atoms with Crippen LogP contribution in [-0.2, 0) is 0 Å². The van der Waals surface area contributed by atoms with Crippen LogP contribution < -0.4 is 4.74 Å². The van der Waals surface area contributed by atoms with Crippen molar-refractivity contribution in [2.75, 3.05) is 26.2 Å². The molecule has 1 unspecified atom stereocenters. The van der Waals surface area contributed by atoms with Gasteiger partial charge in [-0.2, -0.15) is 0 Å². The lowest BCUT2D eigenvalue weighted by Crippen LogP contribution is -2.30. The van der Waals surface area contributed by atoms with Crippen LogP contribution in [0.5, 0.6) is 5.75 Å². The molecule has 3 nitrogen and oxygen atoms in total. The molecule has 1 aromatic rings. The summed E-state index contributed by atoms with van der Waals surface area (Å²) in [5.74, 6) is 0.859. The fourth-order valence-corrected chi connectivity index (χ4v) is 2.23. The van der Waals surface area contributed by atoms with E-state index in [2.05, 4.69) is 18.7 Å². The van der Waals surface area contributed by atoms with Gasteiger partial charge in [0.1, 0.15) is 5.75 Å². The molecular formula is C16H27NO2. The highest BCUT2D eigenvalue weighted by Crippen LogP contribution is 2.19. The molecule has 0 radical (unpaired) electrons. The van der Waals surface area contributed by atoms with Crippen LogP contribution in [-0.4, -0.2) is 36.2 Å². The van der Waals surface area contributed by atoms with Gasteiger partial charge in [-0.25, -0.2) is 0 Å². The molecule has 3 heteroatoms. The van der Waals surface area contributed by atoms with Crippen LogP contribution in [0.4, 0.5) is 0 Å². The Hall–Kier alpha value is -1.06. The zero-order valence-electron chi connectivity index (χ0n) is 12.4. The van der Waals surface area contributed by atoms with Crippen molar-refractivity contribution in [1.82, 2.24) is 4.90 Å². The highest BCUT2D eigenvalue weighted by Gasteiger charge is 2.12. The molecule has 0 aliphatic carbocycles. The van der Waals surface area contributed by atoms with Gasteiger partial charge in [-0.05, 0) is 50.6 Å². The Kier molecular flexibility index (Phi) is 7.53. The molecule has 0 saturated heterocycles. The zero-order chi connectivity index (χ0) is 14.1. The summed E-state index contributed by atoms with van der Waals surface area (Å²) in [5.41, 5.74) is 0.959. The smallest absolute Gasteiger partial charge is 0.119 e. The first-order chi connectivity index (χ1) is 9.21. The number of ether oxygens (including phenoxy) is 1. The normalized spacial score (nSPS) is 12.7. The number of rotatable bonds is 9. The number of hydrogen-bond acceptors (Lipinski definition) is 3. The van der Waals surface area contributed by atoms with E-state index in [1.165, 1.54) is 0 Å². The Balaban J connectivity index is 2.57. The second-order valence-electron chi connectivity index (χ2n) is 4.82. The lowest BCUT2D eigenvalue weighted by molar-refractivity contribution is 0.113. The zero-order valence-corrected chi connectivity index (χ0v) is 12.4. The summed E-state index contributed by atoms with van der Waals surface area (Å²) in [7, 11) is 0. The average Bonchev–Trinajstić information content (AvgIpc) is 2.40. The maximum atomic E-state index is 10.3. The van der Waals surface area contributed by atoms with E-state index in [0.29, 0.717) is 13.2 Å². The third-order valence-corrected chi connectivity index (χ3v) is 3.09. The fraction of sp³-hybridized carbons (Fsp3) is 0.625. The number of benzene rings is 1. The van der Waals surface area contributed by atoms with E-state index in [1.54, 1.807) is 0 Å². The molecule has 0 aliphatic rings. The average molecular weight is 265 g/mol. The van der Waals surface area contributed by atoms with Crippen molar-refractivity contribution < 1.29 is 9.84 Å². The van der Waals surface area contributed by atoms with Crippen molar-refractivity contribution in [2.45, 2.75) is 39.7 Å². The standard InChI is InChI=1S/C16H27NO2/c1-4-11-17(12-5-2)13-16(18)14-7-9-15(10-8-14)19-6-3/h7-10,16,18H,4-6,11-13H2,1-3H3. The van der Waals surface area contributed by atoms with E-state index in [9.17, 15) is 5.11 Å². The Morgan fingerprint density at radius 2 is 1.63 bits per heavy atom. The van der Waals surface area contributed by atoms with Gasteiger partial charge in [0.15, 0.2) is 0 Å². The summed E-state index contributed by atoms with van der Waals surface area (Å²) in [6.07, 6.45) is 1.82. The summed E-state index contributed by atoms with van der Waals surface area (Å²) in [5, 5.41) is 10.3. The molecule has 0 saturated carbocycles. The molecule has 1 N–H and O–H groups in total. The summed E-state index contributed by atoms with van der Waals surface area (Å²) in [4.78, 5) is 2.32. The third kappa shape index (κ3) is 5.62. The number of nitrogens with zero attached hydrogens (tertiary/aromatic N) is 1. The van der Waals surface area contributed by atoms with Crippen molar-refractivity contribution in [3.05, 3.63) is 29.8 Å². The lowest BCUT2D eigenvalue weighted by atomic mass is 10.1. The van der Waals surface area contributed by atoms with Crippen LogP contribution in [0, 0.1) is 0 Å². The summed E-state index contributed by atoms with van der Waals surface area (Å²) >= 11 is 0. The van der Waals surface area contributed by atoms with Crippen molar-refractivity contribution in [1.29, 1.82) is 0 Å². The molecule has 1 rings (SSSR count). The van der Waals surface area contributed by atoms with E-state index < -0.39 is 6.10 Å². The Labute approximate surface area is 117 Å². The second kappa shape index (κ2) is 8.94. The number of aliphatic hydroxyl groups excluding tert-OH is 1. The van der Waals surface area contributed by atoms with Crippen molar-refractivity contribution >= 4 is 0 Å². The van der Waals surface area contributed by atoms with Gasteiger partial charge >= 0.3 is 0 Å². The Bertz CT molecular complexity index is 331. The highest BCUT2D eigenvalue weighted by atomic mass is 16.5. The molecule has 0 spiro atoms. The summed E-state index contributed by atoms with van der Waals surface area (Å²) in [6, 6.07) is 7.75. The van der Waals surface area contributed by atoms with E-state index in [0.717, 1.165) is 37.2 Å². The van der Waals surface area contributed by atoms with E-state index in [4.69, 9.17) is 4.74 Å². The van der Waals surface area contributed by atoms with Gasteiger partial charge in [0.25, 0.3) is 0 Å².